The van der Waals surface area contributed by atoms with Crippen LogP contribution >= 0.6 is 12.2 Å². The standard InChI is InChI=1S/C23H19N5OS/c1-17-22(29)28(23(30)26-25-17)24-16-18-12-14-21(15-13-18)27(19-8-4-2-5-9-19)20-10-6-3-7-11-20/h2-16H,1H3,(H,26,30). The molecule has 0 bridgehead atoms. The van der Waals surface area contributed by atoms with E-state index in [1.165, 1.54) is 0 Å². The Morgan fingerprint density at radius 1 is 0.900 bits per heavy atom. The van der Waals surface area contributed by atoms with Crippen LogP contribution in [0.1, 0.15) is 11.3 Å². The number of nitrogens with one attached hydrogen (secondary N) is 1. The summed E-state index contributed by atoms with van der Waals surface area (Å²) in [5.74, 6) is 0. The summed E-state index contributed by atoms with van der Waals surface area (Å²) in [6.45, 7) is 1.61. The van der Waals surface area contributed by atoms with Gasteiger partial charge in [0, 0.05) is 17.1 Å². The topological polar surface area (TPSA) is 66.3 Å². The molecule has 0 spiro atoms. The van der Waals surface area contributed by atoms with Crippen molar-refractivity contribution in [1.82, 2.24) is 14.9 Å². The number of aryl methyl sites for hydroxylation is 1. The van der Waals surface area contributed by atoms with E-state index in [-0.39, 0.29) is 10.3 Å². The fraction of sp³-hybridized carbons (Fsp3) is 0.0435. The highest BCUT2D eigenvalue weighted by atomic mass is 32.1. The highest BCUT2D eigenvalue weighted by Crippen LogP contribution is 2.33. The zero-order chi connectivity index (χ0) is 20.9. The van der Waals surface area contributed by atoms with E-state index in [0.717, 1.165) is 27.3 Å². The lowest BCUT2D eigenvalue weighted by Crippen LogP contribution is -2.22. The maximum Gasteiger partial charge on any atom is 0.296 e. The van der Waals surface area contributed by atoms with Crippen LogP contribution in [0, 0.1) is 11.7 Å². The number of para-hydroxylation sites is 2. The van der Waals surface area contributed by atoms with Crippen molar-refractivity contribution in [3.05, 3.63) is 111 Å². The molecule has 3 aromatic carbocycles. The van der Waals surface area contributed by atoms with E-state index < -0.39 is 0 Å². The Morgan fingerprint density at radius 2 is 1.43 bits per heavy atom. The molecule has 6 nitrogen and oxygen atoms in total. The second kappa shape index (κ2) is 8.67. The molecule has 0 saturated heterocycles. The SMILES string of the molecule is Cc1n[nH]c(=S)n(N=Cc2ccc(N(c3ccccc3)c3ccccc3)cc2)c1=O. The number of H-pyrrole nitrogens is 1. The summed E-state index contributed by atoms with van der Waals surface area (Å²) in [4.78, 5) is 14.3. The van der Waals surface area contributed by atoms with Gasteiger partial charge in [0.15, 0.2) is 0 Å². The van der Waals surface area contributed by atoms with Crippen molar-refractivity contribution in [2.75, 3.05) is 4.90 Å². The van der Waals surface area contributed by atoms with Gasteiger partial charge >= 0.3 is 0 Å². The minimum Gasteiger partial charge on any atom is -0.311 e. The minimum absolute atomic E-state index is 0.151. The van der Waals surface area contributed by atoms with Crippen LogP contribution in [0.3, 0.4) is 0 Å². The normalized spacial score (nSPS) is 11.0. The maximum absolute atomic E-state index is 12.2. The van der Waals surface area contributed by atoms with Crippen LogP contribution in [0.15, 0.2) is 94.8 Å². The van der Waals surface area contributed by atoms with Gasteiger partial charge in [0.2, 0.25) is 4.77 Å². The van der Waals surface area contributed by atoms with Gasteiger partial charge in [-0.25, -0.2) is 0 Å². The average Bonchev–Trinajstić information content (AvgIpc) is 2.79. The molecular weight excluding hydrogens is 394 g/mol. The van der Waals surface area contributed by atoms with Crippen molar-refractivity contribution in [3.63, 3.8) is 0 Å². The van der Waals surface area contributed by atoms with Crippen molar-refractivity contribution in [2.45, 2.75) is 6.92 Å². The Hall–Kier alpha value is -3.84. The number of aromatic nitrogens is 3. The van der Waals surface area contributed by atoms with Gasteiger partial charge < -0.3 is 4.90 Å². The molecule has 1 N–H and O–H groups in total. The fourth-order valence-electron chi connectivity index (χ4n) is 3.01. The molecule has 0 aliphatic rings. The van der Waals surface area contributed by atoms with Crippen molar-refractivity contribution in [3.8, 4) is 0 Å². The lowest BCUT2D eigenvalue weighted by atomic mass is 10.1. The predicted octanol–water partition coefficient (Wildman–Crippen LogP) is 4.96. The van der Waals surface area contributed by atoms with E-state index in [1.54, 1.807) is 13.1 Å². The number of hydrogen-bond donors (Lipinski definition) is 1. The molecule has 0 aliphatic carbocycles. The first-order valence-electron chi connectivity index (χ1n) is 9.36. The first-order valence-corrected chi connectivity index (χ1v) is 9.77. The van der Waals surface area contributed by atoms with Crippen molar-refractivity contribution in [1.29, 1.82) is 0 Å². The summed E-state index contributed by atoms with van der Waals surface area (Å²) in [6, 6.07) is 28.3. The van der Waals surface area contributed by atoms with E-state index in [0.29, 0.717) is 5.69 Å². The molecule has 148 valence electrons. The van der Waals surface area contributed by atoms with Crippen LogP contribution in [0.4, 0.5) is 17.1 Å². The molecule has 0 saturated carbocycles. The summed E-state index contributed by atoms with van der Waals surface area (Å²) in [5, 5.41) is 10.7. The van der Waals surface area contributed by atoms with Crippen LogP contribution in [-0.4, -0.2) is 21.1 Å². The third-order valence-electron chi connectivity index (χ3n) is 4.52. The molecule has 7 heteroatoms. The predicted molar refractivity (Wildman–Crippen MR) is 123 cm³/mol. The van der Waals surface area contributed by atoms with Gasteiger partial charge in [-0.05, 0) is 61.1 Å². The quantitative estimate of drug-likeness (QED) is 0.371. The molecule has 0 atom stereocenters. The monoisotopic (exact) mass is 413 g/mol. The van der Waals surface area contributed by atoms with Crippen LogP contribution in [-0.2, 0) is 0 Å². The summed E-state index contributed by atoms with van der Waals surface area (Å²) >= 11 is 5.10. The highest BCUT2D eigenvalue weighted by molar-refractivity contribution is 7.71. The molecule has 0 aliphatic heterocycles. The largest absolute Gasteiger partial charge is 0.311 e. The Labute approximate surface area is 178 Å². The molecule has 0 radical (unpaired) electrons. The van der Waals surface area contributed by atoms with Gasteiger partial charge in [-0.1, -0.05) is 48.5 Å². The van der Waals surface area contributed by atoms with Gasteiger partial charge in [0.25, 0.3) is 5.56 Å². The molecule has 0 unspecified atom stereocenters. The minimum atomic E-state index is -0.342. The summed E-state index contributed by atoms with van der Waals surface area (Å²) in [6.07, 6.45) is 1.60. The van der Waals surface area contributed by atoms with E-state index in [2.05, 4.69) is 44.5 Å². The Balaban J connectivity index is 1.67. The number of rotatable bonds is 5. The van der Waals surface area contributed by atoms with Crippen molar-refractivity contribution >= 4 is 35.5 Å². The lowest BCUT2D eigenvalue weighted by molar-refractivity contribution is 0.720. The molecule has 0 fully saturated rings. The number of hydrogen-bond acceptors (Lipinski definition) is 5. The summed E-state index contributed by atoms with van der Waals surface area (Å²) in [7, 11) is 0. The Bertz CT molecular complexity index is 1240. The zero-order valence-corrected chi connectivity index (χ0v) is 17.1. The molecular formula is C23H19N5OS. The zero-order valence-electron chi connectivity index (χ0n) is 16.3. The average molecular weight is 414 g/mol. The first-order chi connectivity index (χ1) is 14.6. The smallest absolute Gasteiger partial charge is 0.296 e. The van der Waals surface area contributed by atoms with Crippen LogP contribution in [0.5, 0.6) is 0 Å². The van der Waals surface area contributed by atoms with E-state index in [1.807, 2.05) is 60.7 Å². The van der Waals surface area contributed by atoms with Gasteiger partial charge in [-0.3, -0.25) is 9.89 Å². The second-order valence-corrected chi connectivity index (χ2v) is 6.96. The molecule has 30 heavy (non-hydrogen) atoms. The van der Waals surface area contributed by atoms with Crippen LogP contribution in [0.25, 0.3) is 0 Å². The molecule has 1 heterocycles. The molecule has 4 rings (SSSR count). The third kappa shape index (κ3) is 4.11. The van der Waals surface area contributed by atoms with Gasteiger partial charge in [0.05, 0.1) is 6.21 Å². The van der Waals surface area contributed by atoms with E-state index >= 15 is 0 Å². The number of aromatic amines is 1. The molecule has 4 aromatic rings. The number of benzene rings is 3. The van der Waals surface area contributed by atoms with Gasteiger partial charge in [-0.15, -0.1) is 0 Å². The number of nitrogens with zero attached hydrogens (tertiary/aromatic N) is 4. The van der Waals surface area contributed by atoms with Crippen LogP contribution < -0.4 is 10.5 Å². The fourth-order valence-corrected chi connectivity index (χ4v) is 3.19. The maximum atomic E-state index is 12.2. The molecule has 0 amide bonds. The Morgan fingerprint density at radius 3 is 2.00 bits per heavy atom. The number of anilines is 3. The van der Waals surface area contributed by atoms with E-state index in [4.69, 9.17) is 12.2 Å². The van der Waals surface area contributed by atoms with Crippen molar-refractivity contribution in [2.24, 2.45) is 5.10 Å². The van der Waals surface area contributed by atoms with Crippen LogP contribution in [0.2, 0.25) is 0 Å². The van der Waals surface area contributed by atoms with Gasteiger partial charge in [-0.2, -0.15) is 14.9 Å². The molecule has 1 aromatic heterocycles. The van der Waals surface area contributed by atoms with Crippen molar-refractivity contribution < 1.29 is 0 Å². The van der Waals surface area contributed by atoms with Gasteiger partial charge in [0.1, 0.15) is 5.69 Å². The lowest BCUT2D eigenvalue weighted by Gasteiger charge is -2.25. The Kier molecular flexibility index (Phi) is 5.63. The summed E-state index contributed by atoms with van der Waals surface area (Å²) < 4.78 is 1.28. The van der Waals surface area contributed by atoms with E-state index in [9.17, 15) is 4.79 Å². The highest BCUT2D eigenvalue weighted by Gasteiger charge is 2.11. The first kappa shape index (κ1) is 19.5. The summed E-state index contributed by atoms with van der Waals surface area (Å²) in [5.41, 5.74) is 3.95. The second-order valence-electron chi connectivity index (χ2n) is 6.57. The third-order valence-corrected chi connectivity index (χ3v) is 4.78.